The molecule has 0 saturated carbocycles. The van der Waals surface area contributed by atoms with Gasteiger partial charge in [-0.1, -0.05) is 47.5 Å². The summed E-state index contributed by atoms with van der Waals surface area (Å²) in [6.07, 6.45) is 2.42. The minimum absolute atomic E-state index is 0.154. The van der Waals surface area contributed by atoms with E-state index in [1.807, 2.05) is 0 Å². The Bertz CT molecular complexity index is 1740. The van der Waals surface area contributed by atoms with Crippen molar-refractivity contribution in [2.45, 2.75) is 12.8 Å². The van der Waals surface area contributed by atoms with Crippen molar-refractivity contribution >= 4 is 59.4 Å². The van der Waals surface area contributed by atoms with Crippen molar-refractivity contribution in [3.63, 3.8) is 0 Å². The van der Waals surface area contributed by atoms with E-state index in [1.54, 1.807) is 72.8 Å². The van der Waals surface area contributed by atoms with E-state index >= 15 is 0 Å². The van der Waals surface area contributed by atoms with Gasteiger partial charge >= 0.3 is 11.9 Å². The van der Waals surface area contributed by atoms with Gasteiger partial charge in [-0.3, -0.25) is 9.59 Å². The summed E-state index contributed by atoms with van der Waals surface area (Å²) < 4.78 is 21.5. The van der Waals surface area contributed by atoms with E-state index in [4.69, 9.17) is 42.1 Å². The quantitative estimate of drug-likeness (QED) is 0.0769. The van der Waals surface area contributed by atoms with Crippen LogP contribution >= 0.6 is 23.2 Å². The number of nitrogens with one attached hydrogen (secondary N) is 2. The van der Waals surface area contributed by atoms with Gasteiger partial charge in [0.2, 0.25) is 11.8 Å². The number of nitrogens with zero attached hydrogens (tertiary/aromatic N) is 2. The number of carbonyl (C=O) groups is 4. The van der Waals surface area contributed by atoms with Crippen LogP contribution in [0.3, 0.4) is 0 Å². The van der Waals surface area contributed by atoms with Crippen molar-refractivity contribution in [1.29, 1.82) is 0 Å². The van der Waals surface area contributed by atoms with Crippen LogP contribution in [0.1, 0.15) is 44.7 Å². The van der Waals surface area contributed by atoms with Crippen LogP contribution in [0.25, 0.3) is 0 Å². The van der Waals surface area contributed by atoms with Crippen LogP contribution in [-0.4, -0.2) is 50.4 Å². The Labute approximate surface area is 285 Å². The second kappa shape index (κ2) is 17.3. The van der Waals surface area contributed by atoms with E-state index in [-0.39, 0.29) is 57.0 Å². The van der Waals surface area contributed by atoms with Gasteiger partial charge in [0.15, 0.2) is 23.0 Å². The maximum Gasteiger partial charge on any atom is 0.345 e. The molecule has 4 rings (SSSR count). The number of hydrazone groups is 2. The van der Waals surface area contributed by atoms with E-state index in [1.165, 1.54) is 38.8 Å². The summed E-state index contributed by atoms with van der Waals surface area (Å²) in [6, 6.07) is 22.4. The Hall–Kier alpha value is -5.72. The highest BCUT2D eigenvalue weighted by molar-refractivity contribution is 6.34. The molecule has 48 heavy (non-hydrogen) atoms. The second-order valence-electron chi connectivity index (χ2n) is 9.65. The molecule has 0 bridgehead atoms. The molecule has 0 radical (unpaired) electrons. The number of halogens is 2. The third-order valence-corrected chi connectivity index (χ3v) is 7.01. The summed E-state index contributed by atoms with van der Waals surface area (Å²) >= 11 is 12.1. The van der Waals surface area contributed by atoms with Gasteiger partial charge in [0, 0.05) is 12.8 Å². The number of methoxy groups -OCH3 is 2. The second-order valence-corrected chi connectivity index (χ2v) is 10.5. The van der Waals surface area contributed by atoms with Gasteiger partial charge in [0.1, 0.15) is 0 Å². The van der Waals surface area contributed by atoms with E-state index in [0.29, 0.717) is 11.1 Å². The first-order valence-corrected chi connectivity index (χ1v) is 14.9. The maximum atomic E-state index is 12.5. The number of hydrogen-bond donors (Lipinski definition) is 2. The summed E-state index contributed by atoms with van der Waals surface area (Å²) in [4.78, 5) is 49.3. The van der Waals surface area contributed by atoms with Gasteiger partial charge in [-0.2, -0.15) is 10.2 Å². The number of hydrogen-bond acceptors (Lipinski definition) is 10. The van der Waals surface area contributed by atoms with Crippen molar-refractivity contribution in [2.75, 3.05) is 14.2 Å². The minimum atomic E-state index is -0.647. The standard InChI is InChI=1S/C34H28Cl2N4O8/c1-45-29-17-21(11-13-27(29)47-33(43)23-7-3-5-9-25(23)35)19-37-39-31(41)15-16-32(42)40-38-20-22-12-14-28(30(18-22)46-2)48-34(44)24-8-4-6-10-26(24)36/h3-14,17-20H,15-16H2,1-2H3,(H,39,41)(H,40,42). The monoisotopic (exact) mass is 690 g/mol. The molecule has 246 valence electrons. The average Bonchev–Trinajstić information content (AvgIpc) is 3.08. The Morgan fingerprint density at radius 3 is 1.38 bits per heavy atom. The van der Waals surface area contributed by atoms with E-state index in [9.17, 15) is 19.2 Å². The molecule has 0 saturated heterocycles. The lowest BCUT2D eigenvalue weighted by Gasteiger charge is -2.10. The summed E-state index contributed by atoms with van der Waals surface area (Å²) in [5, 5.41) is 8.30. The molecule has 0 aliphatic rings. The lowest BCUT2D eigenvalue weighted by Crippen LogP contribution is -2.22. The zero-order valence-electron chi connectivity index (χ0n) is 25.6. The molecule has 0 spiro atoms. The normalized spacial score (nSPS) is 10.8. The first kappa shape index (κ1) is 35.1. The first-order valence-electron chi connectivity index (χ1n) is 14.1. The zero-order valence-corrected chi connectivity index (χ0v) is 27.1. The number of ether oxygens (including phenoxy) is 4. The summed E-state index contributed by atoms with van der Waals surface area (Å²) in [6.45, 7) is 0. The fourth-order valence-corrected chi connectivity index (χ4v) is 4.38. The number of carbonyl (C=O) groups excluding carboxylic acids is 4. The van der Waals surface area contributed by atoms with Crippen LogP contribution in [0.15, 0.2) is 95.1 Å². The maximum absolute atomic E-state index is 12.5. The van der Waals surface area contributed by atoms with Crippen LogP contribution in [0.2, 0.25) is 10.0 Å². The highest BCUT2D eigenvalue weighted by Crippen LogP contribution is 2.30. The lowest BCUT2D eigenvalue weighted by atomic mass is 10.2. The third kappa shape index (κ3) is 9.89. The van der Waals surface area contributed by atoms with Crippen molar-refractivity contribution in [1.82, 2.24) is 10.9 Å². The molecule has 2 N–H and O–H groups in total. The molecule has 12 nitrogen and oxygen atoms in total. The van der Waals surface area contributed by atoms with Crippen molar-refractivity contribution in [2.24, 2.45) is 10.2 Å². The fraction of sp³-hybridized carbons (Fsp3) is 0.118. The van der Waals surface area contributed by atoms with Gasteiger partial charge in [-0.25, -0.2) is 20.4 Å². The number of rotatable bonds is 13. The fourth-order valence-electron chi connectivity index (χ4n) is 3.96. The van der Waals surface area contributed by atoms with Crippen LogP contribution in [-0.2, 0) is 9.59 Å². The molecule has 4 aromatic rings. The molecule has 4 aromatic carbocycles. The molecule has 0 aliphatic heterocycles. The highest BCUT2D eigenvalue weighted by Gasteiger charge is 2.17. The third-order valence-electron chi connectivity index (χ3n) is 6.35. The number of amides is 2. The van der Waals surface area contributed by atoms with Crippen molar-refractivity contribution in [3.05, 3.63) is 117 Å². The molecule has 0 heterocycles. The van der Waals surface area contributed by atoms with E-state index in [2.05, 4.69) is 21.1 Å². The van der Waals surface area contributed by atoms with Gasteiger partial charge in [-0.05, 0) is 71.8 Å². The van der Waals surface area contributed by atoms with Gasteiger partial charge in [-0.15, -0.1) is 0 Å². The molecule has 2 amide bonds. The molecule has 0 aliphatic carbocycles. The Balaban J connectivity index is 1.22. The van der Waals surface area contributed by atoms with Gasteiger partial charge in [0.25, 0.3) is 0 Å². The topological polar surface area (TPSA) is 154 Å². The molecule has 0 atom stereocenters. The Kier molecular flexibility index (Phi) is 12.6. The zero-order chi connectivity index (χ0) is 34.5. The van der Waals surface area contributed by atoms with Crippen molar-refractivity contribution < 1.29 is 38.1 Å². The van der Waals surface area contributed by atoms with Crippen LogP contribution in [0.5, 0.6) is 23.0 Å². The predicted molar refractivity (Wildman–Crippen MR) is 180 cm³/mol. The molecule has 0 unspecified atom stereocenters. The minimum Gasteiger partial charge on any atom is -0.493 e. The first-order chi connectivity index (χ1) is 23.2. The molecule has 0 aromatic heterocycles. The largest absolute Gasteiger partial charge is 0.493 e. The number of benzene rings is 4. The smallest absolute Gasteiger partial charge is 0.345 e. The van der Waals surface area contributed by atoms with Crippen LogP contribution in [0, 0.1) is 0 Å². The lowest BCUT2D eigenvalue weighted by molar-refractivity contribution is -0.126. The predicted octanol–water partition coefficient (Wildman–Crippen LogP) is 5.83. The summed E-state index contributed by atoms with van der Waals surface area (Å²) in [7, 11) is 2.82. The number of esters is 2. The van der Waals surface area contributed by atoms with Gasteiger partial charge in [0.05, 0.1) is 47.8 Å². The van der Waals surface area contributed by atoms with Crippen LogP contribution < -0.4 is 29.8 Å². The average molecular weight is 692 g/mol. The summed E-state index contributed by atoms with van der Waals surface area (Å²) in [5.74, 6) is -1.45. The molecular weight excluding hydrogens is 663 g/mol. The molecular formula is C34H28Cl2N4O8. The highest BCUT2D eigenvalue weighted by atomic mass is 35.5. The van der Waals surface area contributed by atoms with Gasteiger partial charge < -0.3 is 18.9 Å². The molecule has 0 fully saturated rings. The van der Waals surface area contributed by atoms with Crippen LogP contribution in [0.4, 0.5) is 0 Å². The van der Waals surface area contributed by atoms with E-state index < -0.39 is 23.8 Å². The van der Waals surface area contributed by atoms with E-state index in [0.717, 1.165) is 0 Å². The Morgan fingerprint density at radius 1 is 0.604 bits per heavy atom. The van der Waals surface area contributed by atoms with Crippen molar-refractivity contribution in [3.8, 4) is 23.0 Å². The SMILES string of the molecule is COc1cc(C=NNC(=O)CCC(=O)NN=Cc2ccc(OC(=O)c3ccccc3Cl)c(OC)c2)ccc1OC(=O)c1ccccc1Cl. The summed E-state index contributed by atoms with van der Waals surface area (Å²) in [5.41, 5.74) is 6.17. The Morgan fingerprint density at radius 2 is 1.00 bits per heavy atom. The molecule has 14 heteroatoms.